The number of rotatable bonds is 3. The van der Waals surface area contributed by atoms with Gasteiger partial charge in [0.25, 0.3) is 5.91 Å². The van der Waals surface area contributed by atoms with Crippen molar-refractivity contribution in [2.24, 2.45) is 0 Å². The molecular formula is C19H7ClF5N3O2. The van der Waals surface area contributed by atoms with E-state index < -0.39 is 40.6 Å². The van der Waals surface area contributed by atoms with E-state index in [1.54, 1.807) is 12.1 Å². The minimum atomic E-state index is -2.37. The molecule has 0 aliphatic heterocycles. The number of oxazole rings is 1. The number of amides is 1. The summed E-state index contributed by atoms with van der Waals surface area (Å²) in [7, 11) is 0. The number of benzene rings is 2. The lowest BCUT2D eigenvalue weighted by Gasteiger charge is -2.11. The summed E-state index contributed by atoms with van der Waals surface area (Å²) in [4.78, 5) is 20.4. The molecule has 5 nitrogen and oxygen atoms in total. The first-order chi connectivity index (χ1) is 14.3. The molecule has 2 aromatic heterocycles. The molecule has 0 fully saturated rings. The molecule has 0 spiro atoms. The summed E-state index contributed by atoms with van der Waals surface area (Å²) < 4.78 is 73.2. The van der Waals surface area contributed by atoms with Crippen LogP contribution in [0.2, 0.25) is 5.02 Å². The van der Waals surface area contributed by atoms with Crippen LogP contribution in [-0.4, -0.2) is 15.9 Å². The van der Waals surface area contributed by atoms with Crippen molar-refractivity contribution in [3.8, 4) is 11.5 Å². The molecule has 0 bridgehead atoms. The Hall–Kier alpha value is -3.53. The number of hydrogen-bond donors (Lipinski definition) is 1. The Morgan fingerprint density at radius 3 is 2.30 bits per heavy atom. The zero-order chi connectivity index (χ0) is 21.6. The van der Waals surface area contributed by atoms with Gasteiger partial charge in [0, 0.05) is 11.8 Å². The van der Waals surface area contributed by atoms with Crippen LogP contribution >= 0.6 is 11.6 Å². The molecule has 0 aliphatic rings. The van der Waals surface area contributed by atoms with E-state index in [9.17, 15) is 26.7 Å². The maximum atomic E-state index is 13.9. The van der Waals surface area contributed by atoms with E-state index in [0.717, 1.165) is 0 Å². The molecule has 0 aliphatic carbocycles. The highest BCUT2D eigenvalue weighted by Gasteiger charge is 2.30. The van der Waals surface area contributed by atoms with Crippen molar-refractivity contribution in [2.75, 3.05) is 5.32 Å². The van der Waals surface area contributed by atoms with Gasteiger partial charge in [-0.1, -0.05) is 11.6 Å². The molecule has 152 valence electrons. The van der Waals surface area contributed by atoms with Gasteiger partial charge in [-0.2, -0.15) is 4.98 Å². The van der Waals surface area contributed by atoms with E-state index in [0.29, 0.717) is 16.8 Å². The topological polar surface area (TPSA) is 68.0 Å². The third kappa shape index (κ3) is 3.24. The van der Waals surface area contributed by atoms with Crippen LogP contribution in [0.5, 0.6) is 0 Å². The van der Waals surface area contributed by atoms with Crippen LogP contribution in [-0.2, 0) is 0 Å². The van der Waals surface area contributed by atoms with Gasteiger partial charge in [-0.05, 0) is 30.3 Å². The van der Waals surface area contributed by atoms with E-state index in [1.807, 2.05) is 5.32 Å². The van der Waals surface area contributed by atoms with Gasteiger partial charge in [0.05, 0.1) is 10.7 Å². The lowest BCUT2D eigenvalue weighted by Crippen LogP contribution is -2.19. The molecule has 1 N–H and O–H groups in total. The van der Waals surface area contributed by atoms with Crippen molar-refractivity contribution in [2.45, 2.75) is 0 Å². The molecule has 0 atom stereocenters. The Morgan fingerprint density at radius 2 is 1.63 bits per heavy atom. The van der Waals surface area contributed by atoms with Crippen LogP contribution in [0.15, 0.2) is 40.9 Å². The molecule has 4 rings (SSSR count). The second kappa shape index (κ2) is 7.38. The second-order valence-corrected chi connectivity index (χ2v) is 6.35. The van der Waals surface area contributed by atoms with Gasteiger partial charge in [0.15, 0.2) is 34.5 Å². The minimum absolute atomic E-state index is 0.0646. The van der Waals surface area contributed by atoms with Crippen LogP contribution in [0, 0.1) is 29.1 Å². The Bertz CT molecular complexity index is 1260. The van der Waals surface area contributed by atoms with Gasteiger partial charge in [0.2, 0.25) is 11.7 Å². The van der Waals surface area contributed by atoms with Crippen molar-refractivity contribution in [3.05, 3.63) is 76.2 Å². The highest BCUT2D eigenvalue weighted by Crippen LogP contribution is 2.31. The van der Waals surface area contributed by atoms with Crippen molar-refractivity contribution < 1.29 is 31.2 Å². The number of carbonyl (C=O) groups is 1. The number of fused-ring (bicyclic) bond motifs is 1. The normalized spacial score (nSPS) is 11.1. The number of aromatic nitrogens is 2. The highest BCUT2D eigenvalue weighted by molar-refractivity contribution is 6.34. The van der Waals surface area contributed by atoms with Crippen molar-refractivity contribution >= 4 is 34.4 Å². The monoisotopic (exact) mass is 439 g/mol. The number of halogens is 6. The predicted molar refractivity (Wildman–Crippen MR) is 96.4 cm³/mol. The summed E-state index contributed by atoms with van der Waals surface area (Å²) in [6.07, 6.45) is 1.51. The molecule has 0 saturated heterocycles. The summed E-state index contributed by atoms with van der Waals surface area (Å²) in [6, 6.07) is 7.33. The number of pyridine rings is 1. The summed E-state index contributed by atoms with van der Waals surface area (Å²) >= 11 is 5.99. The summed E-state index contributed by atoms with van der Waals surface area (Å²) in [5, 5.41) is 1.97. The van der Waals surface area contributed by atoms with Gasteiger partial charge in [-0.15, -0.1) is 0 Å². The molecule has 0 radical (unpaired) electrons. The average molecular weight is 440 g/mol. The SMILES string of the molecule is O=C(Nc1cc(-c2nc3ncccc3o2)ccc1Cl)c1c(F)c(F)c(F)c(F)c1F. The first-order valence-electron chi connectivity index (χ1n) is 8.12. The van der Waals surface area contributed by atoms with Crippen molar-refractivity contribution in [1.29, 1.82) is 0 Å². The first kappa shape index (κ1) is 19.8. The number of nitrogens with one attached hydrogen (secondary N) is 1. The van der Waals surface area contributed by atoms with Gasteiger partial charge < -0.3 is 9.73 Å². The van der Waals surface area contributed by atoms with Crippen LogP contribution < -0.4 is 5.32 Å². The first-order valence-corrected chi connectivity index (χ1v) is 8.50. The van der Waals surface area contributed by atoms with Crippen LogP contribution in [0.3, 0.4) is 0 Å². The number of nitrogens with zero attached hydrogens (tertiary/aromatic N) is 2. The molecule has 2 heterocycles. The molecule has 11 heteroatoms. The van der Waals surface area contributed by atoms with Crippen molar-refractivity contribution in [3.63, 3.8) is 0 Å². The second-order valence-electron chi connectivity index (χ2n) is 5.94. The molecule has 1 amide bonds. The van der Waals surface area contributed by atoms with E-state index in [1.165, 1.54) is 24.4 Å². The summed E-state index contributed by atoms with van der Waals surface area (Å²) in [6.45, 7) is 0. The third-order valence-electron chi connectivity index (χ3n) is 4.06. The fourth-order valence-corrected chi connectivity index (χ4v) is 2.80. The van der Waals surface area contributed by atoms with E-state index in [-0.39, 0.29) is 16.6 Å². The smallest absolute Gasteiger partial charge is 0.261 e. The maximum absolute atomic E-state index is 13.9. The lowest BCUT2D eigenvalue weighted by atomic mass is 10.1. The summed E-state index contributed by atoms with van der Waals surface area (Å²) in [5.41, 5.74) is -0.800. The van der Waals surface area contributed by atoms with E-state index >= 15 is 0 Å². The highest BCUT2D eigenvalue weighted by atomic mass is 35.5. The third-order valence-corrected chi connectivity index (χ3v) is 4.39. The van der Waals surface area contributed by atoms with Gasteiger partial charge in [0.1, 0.15) is 5.56 Å². The molecule has 30 heavy (non-hydrogen) atoms. The van der Waals surface area contributed by atoms with Gasteiger partial charge in [-0.3, -0.25) is 4.79 Å². The minimum Gasteiger partial charge on any atom is -0.434 e. The Kier molecular flexibility index (Phi) is 4.86. The van der Waals surface area contributed by atoms with Crippen molar-refractivity contribution in [1.82, 2.24) is 9.97 Å². The molecule has 0 saturated carbocycles. The molecule has 2 aromatic carbocycles. The van der Waals surface area contributed by atoms with Crippen LogP contribution in [0.4, 0.5) is 27.6 Å². The number of hydrogen-bond acceptors (Lipinski definition) is 4. The molecule has 4 aromatic rings. The van der Waals surface area contributed by atoms with Gasteiger partial charge >= 0.3 is 0 Å². The Morgan fingerprint density at radius 1 is 0.967 bits per heavy atom. The predicted octanol–water partition coefficient (Wildman–Crippen LogP) is 5.49. The van der Waals surface area contributed by atoms with Crippen LogP contribution in [0.1, 0.15) is 10.4 Å². The summed E-state index contributed by atoms with van der Waals surface area (Å²) in [5.74, 6) is -12.8. The number of anilines is 1. The van der Waals surface area contributed by atoms with E-state index in [4.69, 9.17) is 16.0 Å². The maximum Gasteiger partial charge on any atom is 0.261 e. The standard InChI is InChI=1S/C19H7ClF5N3O2/c20-8-4-3-7(19-28-17-10(30-19)2-1-5-26-17)6-9(8)27-18(29)11-12(21)14(23)16(25)15(24)13(11)22/h1-6H,(H,27,29). The number of carbonyl (C=O) groups excluding carboxylic acids is 1. The molecule has 0 unspecified atom stereocenters. The Balaban J connectivity index is 1.72. The fourth-order valence-electron chi connectivity index (χ4n) is 2.64. The van der Waals surface area contributed by atoms with E-state index in [2.05, 4.69) is 9.97 Å². The fraction of sp³-hybridized carbons (Fsp3) is 0. The van der Waals surface area contributed by atoms with Gasteiger partial charge in [-0.25, -0.2) is 26.9 Å². The largest absolute Gasteiger partial charge is 0.434 e. The average Bonchev–Trinajstić information content (AvgIpc) is 3.17. The van der Waals surface area contributed by atoms with Crippen LogP contribution in [0.25, 0.3) is 22.7 Å². The molecular weight excluding hydrogens is 433 g/mol. The zero-order valence-corrected chi connectivity index (χ0v) is 15.2. The quantitative estimate of drug-likeness (QED) is 0.260. The lowest BCUT2D eigenvalue weighted by molar-refractivity contribution is 0.101. The zero-order valence-electron chi connectivity index (χ0n) is 14.4. The Labute approximate surface area is 169 Å².